The monoisotopic (exact) mass is 573 g/mol. The average Bonchev–Trinajstić information content (AvgIpc) is 2.80. The molecule has 3 aromatic rings. The Morgan fingerprint density at radius 3 is 2.59 bits per heavy atom. The van der Waals surface area contributed by atoms with Crippen molar-refractivity contribution in [2.24, 2.45) is 0 Å². The summed E-state index contributed by atoms with van der Waals surface area (Å²) in [5.74, 6) is 0.0317. The number of halogens is 3. The van der Waals surface area contributed by atoms with Crippen LogP contribution in [0.2, 0.25) is 10.0 Å². The van der Waals surface area contributed by atoms with Crippen molar-refractivity contribution in [3.05, 3.63) is 96.5 Å². The molecule has 0 aromatic heterocycles. The molecule has 0 saturated carbocycles. The Bertz CT molecular complexity index is 1290. The van der Waals surface area contributed by atoms with Gasteiger partial charge in [-0.3, -0.25) is 4.79 Å². The molecule has 3 aromatic carbocycles. The largest absolute Gasteiger partial charge is 0.488 e. The SMILES string of the molecule is N#C/C(=C/c1ccc(OCc2ccccc2C#N)c(I)c1)C(=O)Nc1cccc(Cl)c1Cl. The Morgan fingerprint density at radius 1 is 1.09 bits per heavy atom. The average molecular weight is 574 g/mol. The molecule has 8 heteroatoms. The quantitative estimate of drug-likeness (QED) is 0.205. The van der Waals surface area contributed by atoms with Crippen LogP contribution in [0, 0.1) is 26.2 Å². The molecular weight excluding hydrogens is 560 g/mol. The molecular formula is C24H14Cl2IN3O2. The zero-order valence-corrected chi connectivity index (χ0v) is 20.1. The highest BCUT2D eigenvalue weighted by Crippen LogP contribution is 2.30. The van der Waals surface area contributed by atoms with Crippen molar-refractivity contribution in [2.75, 3.05) is 5.32 Å². The molecule has 0 saturated heterocycles. The molecule has 3 rings (SSSR count). The highest BCUT2D eigenvalue weighted by Gasteiger charge is 2.13. The summed E-state index contributed by atoms with van der Waals surface area (Å²) in [6.07, 6.45) is 1.48. The summed E-state index contributed by atoms with van der Waals surface area (Å²) >= 11 is 14.2. The number of nitrogens with zero attached hydrogens (tertiary/aromatic N) is 2. The number of rotatable bonds is 6. The molecule has 0 aliphatic heterocycles. The fourth-order valence-electron chi connectivity index (χ4n) is 2.74. The predicted molar refractivity (Wildman–Crippen MR) is 133 cm³/mol. The molecule has 158 valence electrons. The highest BCUT2D eigenvalue weighted by molar-refractivity contribution is 14.1. The fraction of sp³-hybridized carbons (Fsp3) is 0.0417. The smallest absolute Gasteiger partial charge is 0.266 e. The minimum atomic E-state index is -0.597. The third-order valence-electron chi connectivity index (χ3n) is 4.35. The van der Waals surface area contributed by atoms with Crippen LogP contribution in [-0.2, 0) is 11.4 Å². The van der Waals surface area contributed by atoms with Crippen LogP contribution >= 0.6 is 45.8 Å². The normalized spacial score (nSPS) is 10.7. The van der Waals surface area contributed by atoms with Crippen molar-refractivity contribution in [1.82, 2.24) is 0 Å². The highest BCUT2D eigenvalue weighted by atomic mass is 127. The molecule has 0 spiro atoms. The first kappa shape index (κ1) is 23.6. The number of carbonyl (C=O) groups excluding carboxylic acids is 1. The number of hydrogen-bond acceptors (Lipinski definition) is 4. The van der Waals surface area contributed by atoms with E-state index in [1.54, 1.807) is 48.5 Å². The van der Waals surface area contributed by atoms with Crippen LogP contribution in [0.3, 0.4) is 0 Å². The van der Waals surface area contributed by atoms with Crippen molar-refractivity contribution in [2.45, 2.75) is 6.61 Å². The standard InChI is InChI=1S/C24H14Cl2IN3O2/c25-19-6-3-7-21(23(19)26)30-24(31)18(13-29)10-15-8-9-22(20(27)11-15)32-14-17-5-2-1-4-16(17)12-28/h1-11H,14H2,(H,30,31)/b18-10-. The Morgan fingerprint density at radius 2 is 1.88 bits per heavy atom. The lowest BCUT2D eigenvalue weighted by molar-refractivity contribution is -0.112. The first-order valence-electron chi connectivity index (χ1n) is 9.20. The van der Waals surface area contributed by atoms with Gasteiger partial charge < -0.3 is 10.1 Å². The van der Waals surface area contributed by atoms with E-state index in [2.05, 4.69) is 34.0 Å². The summed E-state index contributed by atoms with van der Waals surface area (Å²) < 4.78 is 6.64. The number of carbonyl (C=O) groups is 1. The number of ether oxygens (including phenoxy) is 1. The third-order valence-corrected chi connectivity index (χ3v) is 6.01. The van der Waals surface area contributed by atoms with Gasteiger partial charge in [0.2, 0.25) is 0 Å². The zero-order valence-electron chi connectivity index (χ0n) is 16.4. The maximum atomic E-state index is 12.5. The first-order chi connectivity index (χ1) is 15.4. The summed E-state index contributed by atoms with van der Waals surface area (Å²) in [6, 6.07) is 21.4. The van der Waals surface area contributed by atoms with E-state index in [1.807, 2.05) is 18.2 Å². The van der Waals surface area contributed by atoms with Crippen LogP contribution in [0.5, 0.6) is 5.75 Å². The van der Waals surface area contributed by atoms with Crippen LogP contribution in [0.15, 0.2) is 66.2 Å². The van der Waals surface area contributed by atoms with Gasteiger partial charge in [-0.15, -0.1) is 0 Å². The van der Waals surface area contributed by atoms with Gasteiger partial charge in [0.15, 0.2) is 0 Å². The van der Waals surface area contributed by atoms with Crippen molar-refractivity contribution in [3.8, 4) is 17.9 Å². The van der Waals surface area contributed by atoms with Gasteiger partial charge in [0.25, 0.3) is 5.91 Å². The van der Waals surface area contributed by atoms with Gasteiger partial charge in [0.1, 0.15) is 24.0 Å². The molecule has 0 aliphatic rings. The van der Waals surface area contributed by atoms with Crippen molar-refractivity contribution >= 4 is 63.5 Å². The summed E-state index contributed by atoms with van der Waals surface area (Å²) in [6.45, 7) is 0.251. The maximum Gasteiger partial charge on any atom is 0.266 e. The number of nitrogens with one attached hydrogen (secondary N) is 1. The van der Waals surface area contributed by atoms with Gasteiger partial charge in [0.05, 0.1) is 30.9 Å². The Kier molecular flexibility index (Phi) is 8.13. The van der Waals surface area contributed by atoms with Crippen LogP contribution < -0.4 is 10.1 Å². The predicted octanol–water partition coefficient (Wildman–Crippen LogP) is 6.59. The molecule has 5 nitrogen and oxygen atoms in total. The van der Waals surface area contributed by atoms with Gasteiger partial charge in [-0.2, -0.15) is 10.5 Å². The van der Waals surface area contributed by atoms with E-state index >= 15 is 0 Å². The molecule has 0 heterocycles. The van der Waals surface area contributed by atoms with Gasteiger partial charge in [-0.05, 0) is 64.6 Å². The summed E-state index contributed by atoms with van der Waals surface area (Å²) in [5, 5.41) is 21.7. The van der Waals surface area contributed by atoms with Crippen molar-refractivity contribution in [3.63, 3.8) is 0 Å². The van der Waals surface area contributed by atoms with Crippen LogP contribution in [0.25, 0.3) is 6.08 Å². The van der Waals surface area contributed by atoms with E-state index in [-0.39, 0.29) is 17.2 Å². The maximum absolute atomic E-state index is 12.5. The first-order valence-corrected chi connectivity index (χ1v) is 11.0. The van der Waals surface area contributed by atoms with E-state index in [0.717, 1.165) is 9.13 Å². The number of amides is 1. The van der Waals surface area contributed by atoms with Crippen LogP contribution in [0.1, 0.15) is 16.7 Å². The van der Waals surface area contributed by atoms with E-state index in [1.165, 1.54) is 6.08 Å². The second kappa shape index (κ2) is 11.0. The lowest BCUT2D eigenvalue weighted by atomic mass is 10.1. The molecule has 0 radical (unpaired) electrons. The van der Waals surface area contributed by atoms with Crippen LogP contribution in [0.4, 0.5) is 5.69 Å². The zero-order chi connectivity index (χ0) is 23.1. The van der Waals surface area contributed by atoms with Gasteiger partial charge in [0, 0.05) is 5.56 Å². The molecule has 1 N–H and O–H groups in total. The number of hydrogen-bond donors (Lipinski definition) is 1. The van der Waals surface area contributed by atoms with E-state index in [4.69, 9.17) is 27.9 Å². The van der Waals surface area contributed by atoms with Crippen molar-refractivity contribution in [1.29, 1.82) is 10.5 Å². The molecule has 0 bridgehead atoms. The number of nitriles is 2. The summed E-state index contributed by atoms with van der Waals surface area (Å²) in [7, 11) is 0. The van der Waals surface area contributed by atoms with Gasteiger partial charge in [-0.25, -0.2) is 0 Å². The molecule has 0 aliphatic carbocycles. The number of anilines is 1. The molecule has 1 amide bonds. The van der Waals surface area contributed by atoms with Crippen molar-refractivity contribution < 1.29 is 9.53 Å². The molecule has 0 atom stereocenters. The second-order valence-electron chi connectivity index (χ2n) is 6.47. The lowest BCUT2D eigenvalue weighted by Crippen LogP contribution is -2.13. The molecule has 0 fully saturated rings. The minimum Gasteiger partial charge on any atom is -0.488 e. The van der Waals surface area contributed by atoms with E-state index in [9.17, 15) is 15.3 Å². The fourth-order valence-corrected chi connectivity index (χ4v) is 3.78. The minimum absolute atomic E-state index is 0.0894. The van der Waals surface area contributed by atoms with E-state index in [0.29, 0.717) is 27.6 Å². The van der Waals surface area contributed by atoms with E-state index < -0.39 is 5.91 Å². The Labute approximate surface area is 209 Å². The Balaban J connectivity index is 1.75. The van der Waals surface area contributed by atoms with Crippen LogP contribution in [-0.4, -0.2) is 5.91 Å². The lowest BCUT2D eigenvalue weighted by Gasteiger charge is -2.10. The summed E-state index contributed by atoms with van der Waals surface area (Å²) in [4.78, 5) is 12.5. The third kappa shape index (κ3) is 5.80. The summed E-state index contributed by atoms with van der Waals surface area (Å²) in [5.41, 5.74) is 2.24. The Hall–Kier alpha value is -3.04. The molecule has 0 unspecified atom stereocenters. The van der Waals surface area contributed by atoms with Gasteiger partial charge in [-0.1, -0.05) is 53.5 Å². The van der Waals surface area contributed by atoms with Gasteiger partial charge >= 0.3 is 0 Å². The number of benzene rings is 3. The topological polar surface area (TPSA) is 85.9 Å². The second-order valence-corrected chi connectivity index (χ2v) is 8.42. The molecule has 32 heavy (non-hydrogen) atoms.